The fourth-order valence-electron chi connectivity index (χ4n) is 3.02. The Balaban J connectivity index is 2.61. The summed E-state index contributed by atoms with van der Waals surface area (Å²) in [6, 6.07) is 6.91. The minimum Gasteiger partial charge on any atom is -0.376 e. The van der Waals surface area contributed by atoms with E-state index in [0.717, 1.165) is 25.9 Å². The van der Waals surface area contributed by atoms with Crippen molar-refractivity contribution in [3.63, 3.8) is 0 Å². The summed E-state index contributed by atoms with van der Waals surface area (Å²) in [6.45, 7) is 16.7. The van der Waals surface area contributed by atoms with Gasteiger partial charge in [0.1, 0.15) is 0 Å². The molecule has 0 heterocycles. The molecule has 0 aliphatic rings. The second-order valence-electron chi connectivity index (χ2n) is 8.56. The molecule has 0 saturated carbocycles. The van der Waals surface area contributed by atoms with E-state index in [1.54, 1.807) is 0 Å². The Kier molecular flexibility index (Phi) is 7.75. The third-order valence-electron chi connectivity index (χ3n) is 4.63. The van der Waals surface area contributed by atoms with Crippen LogP contribution in [0.2, 0.25) is 0 Å². The lowest BCUT2D eigenvalue weighted by Crippen LogP contribution is -2.27. The van der Waals surface area contributed by atoms with Crippen LogP contribution in [-0.4, -0.2) is 12.2 Å². The molecule has 2 heteroatoms. The van der Waals surface area contributed by atoms with Crippen molar-refractivity contribution in [1.29, 1.82) is 0 Å². The first-order chi connectivity index (χ1) is 10.6. The van der Waals surface area contributed by atoms with E-state index in [0.29, 0.717) is 5.92 Å². The highest BCUT2D eigenvalue weighted by Crippen LogP contribution is 2.28. The van der Waals surface area contributed by atoms with Gasteiger partial charge in [0, 0.05) is 6.61 Å². The van der Waals surface area contributed by atoms with Gasteiger partial charge < -0.3 is 4.74 Å². The summed E-state index contributed by atoms with van der Waals surface area (Å²) in [5.74, 6) is 0.588. The van der Waals surface area contributed by atoms with Crippen LogP contribution in [0.4, 0.5) is 0 Å². The molecule has 1 nitrogen and oxygen atoms in total. The van der Waals surface area contributed by atoms with Crippen molar-refractivity contribution in [1.82, 2.24) is 0 Å². The zero-order chi connectivity index (χ0) is 17.7. The van der Waals surface area contributed by atoms with E-state index in [9.17, 15) is 0 Å². The first-order valence-electron chi connectivity index (χ1n) is 9.08. The molecule has 0 radical (unpaired) electrons. The smallest absolute Gasteiger partial charge is 0.0626 e. The summed E-state index contributed by atoms with van der Waals surface area (Å²) in [6.07, 6.45) is 4.49. The molecule has 0 spiro atoms. The van der Waals surface area contributed by atoms with Crippen molar-refractivity contribution in [2.24, 2.45) is 5.41 Å². The quantitative estimate of drug-likeness (QED) is 0.513. The molecule has 0 saturated heterocycles. The maximum Gasteiger partial charge on any atom is 0.0626 e. The maximum absolute atomic E-state index is 6.12. The molecule has 0 aliphatic heterocycles. The van der Waals surface area contributed by atoms with Crippen LogP contribution in [0.3, 0.4) is 0 Å². The van der Waals surface area contributed by atoms with Gasteiger partial charge in [-0.2, -0.15) is 0 Å². The van der Waals surface area contributed by atoms with E-state index >= 15 is 0 Å². The molecule has 23 heavy (non-hydrogen) atoms. The third kappa shape index (κ3) is 7.36. The zero-order valence-corrected chi connectivity index (χ0v) is 17.5. The molecule has 0 aromatic heterocycles. The van der Waals surface area contributed by atoms with E-state index in [1.807, 2.05) is 0 Å². The standard InChI is InChI=1S/C21H37OP/c1-8-11-21(6,7)22-13-12-20(4,5)15-18-10-9-17(16(2)3)14-19(18)23/h9-10,14,16H,8,11-13,15,23H2,1-7H3. The first kappa shape index (κ1) is 20.7. The summed E-state index contributed by atoms with van der Waals surface area (Å²) < 4.78 is 6.12. The van der Waals surface area contributed by atoms with Crippen LogP contribution in [0.1, 0.15) is 84.8 Å². The van der Waals surface area contributed by atoms with Crippen molar-refractivity contribution in [2.45, 2.75) is 85.7 Å². The van der Waals surface area contributed by atoms with Crippen LogP contribution in [0.25, 0.3) is 0 Å². The minimum atomic E-state index is 0.00944. The van der Waals surface area contributed by atoms with E-state index in [-0.39, 0.29) is 11.0 Å². The average Bonchev–Trinajstić information content (AvgIpc) is 2.40. The van der Waals surface area contributed by atoms with Gasteiger partial charge in [-0.15, -0.1) is 9.24 Å². The second kappa shape index (κ2) is 8.63. The van der Waals surface area contributed by atoms with Gasteiger partial charge in [0.25, 0.3) is 0 Å². The molecule has 1 aromatic carbocycles. The highest BCUT2D eigenvalue weighted by molar-refractivity contribution is 7.27. The summed E-state index contributed by atoms with van der Waals surface area (Å²) in [7, 11) is 2.92. The van der Waals surface area contributed by atoms with Gasteiger partial charge in [-0.1, -0.05) is 59.2 Å². The summed E-state index contributed by atoms with van der Waals surface area (Å²) in [5.41, 5.74) is 3.13. The number of hydrogen-bond donors (Lipinski definition) is 0. The lowest BCUT2D eigenvalue weighted by molar-refractivity contribution is -0.0345. The predicted molar refractivity (Wildman–Crippen MR) is 107 cm³/mol. The van der Waals surface area contributed by atoms with Crippen molar-refractivity contribution < 1.29 is 4.74 Å². The van der Waals surface area contributed by atoms with Crippen LogP contribution in [-0.2, 0) is 11.2 Å². The monoisotopic (exact) mass is 336 g/mol. The first-order valence-corrected chi connectivity index (χ1v) is 9.66. The van der Waals surface area contributed by atoms with Gasteiger partial charge in [-0.05, 0) is 60.9 Å². The van der Waals surface area contributed by atoms with E-state index in [4.69, 9.17) is 4.74 Å². The third-order valence-corrected chi connectivity index (χ3v) is 5.17. The van der Waals surface area contributed by atoms with Gasteiger partial charge in [-0.3, -0.25) is 0 Å². The molecule has 0 amide bonds. The Morgan fingerprint density at radius 3 is 2.26 bits per heavy atom. The Labute approximate surface area is 146 Å². The normalized spacial score (nSPS) is 12.9. The second-order valence-corrected chi connectivity index (χ2v) is 9.18. The molecule has 132 valence electrons. The number of ether oxygens (including phenoxy) is 1. The molecular weight excluding hydrogens is 299 g/mol. The van der Waals surface area contributed by atoms with Gasteiger partial charge in [-0.25, -0.2) is 0 Å². The molecule has 0 fully saturated rings. The van der Waals surface area contributed by atoms with Gasteiger partial charge in [0.15, 0.2) is 0 Å². The zero-order valence-electron chi connectivity index (χ0n) is 16.3. The summed E-state index contributed by atoms with van der Waals surface area (Å²) >= 11 is 0. The van der Waals surface area contributed by atoms with E-state index in [1.165, 1.54) is 22.9 Å². The fourth-order valence-corrected chi connectivity index (χ4v) is 3.41. The van der Waals surface area contributed by atoms with Gasteiger partial charge in [0.05, 0.1) is 5.60 Å². The minimum absolute atomic E-state index is 0.00944. The predicted octanol–water partition coefficient (Wildman–Crippen LogP) is 5.86. The Hall–Kier alpha value is -0.390. The van der Waals surface area contributed by atoms with E-state index in [2.05, 4.69) is 75.9 Å². The topological polar surface area (TPSA) is 9.23 Å². The SMILES string of the molecule is CCCC(C)(C)OCCC(C)(C)Cc1ccc(C(C)C)cc1P. The van der Waals surface area contributed by atoms with Crippen molar-refractivity contribution >= 4 is 14.5 Å². The largest absolute Gasteiger partial charge is 0.376 e. The molecule has 1 rings (SSSR count). The Morgan fingerprint density at radius 1 is 1.09 bits per heavy atom. The summed E-state index contributed by atoms with van der Waals surface area (Å²) in [5, 5.41) is 1.34. The molecular formula is C21H37OP. The van der Waals surface area contributed by atoms with Crippen LogP contribution in [0, 0.1) is 5.41 Å². The maximum atomic E-state index is 6.12. The lowest BCUT2D eigenvalue weighted by Gasteiger charge is -2.30. The van der Waals surface area contributed by atoms with Crippen molar-refractivity contribution in [3.8, 4) is 0 Å². The Bertz CT molecular complexity index is 489. The number of benzene rings is 1. The average molecular weight is 337 g/mol. The lowest BCUT2D eigenvalue weighted by atomic mass is 9.82. The van der Waals surface area contributed by atoms with Gasteiger partial charge in [0.2, 0.25) is 0 Å². The van der Waals surface area contributed by atoms with Crippen molar-refractivity contribution in [3.05, 3.63) is 29.3 Å². The van der Waals surface area contributed by atoms with Crippen molar-refractivity contribution in [2.75, 3.05) is 6.61 Å². The molecule has 0 aliphatic carbocycles. The molecule has 0 N–H and O–H groups in total. The highest BCUT2D eigenvalue weighted by atomic mass is 31.0. The van der Waals surface area contributed by atoms with Crippen LogP contribution in [0.15, 0.2) is 18.2 Å². The van der Waals surface area contributed by atoms with Crippen LogP contribution < -0.4 is 5.30 Å². The van der Waals surface area contributed by atoms with Gasteiger partial charge >= 0.3 is 0 Å². The highest BCUT2D eigenvalue weighted by Gasteiger charge is 2.22. The van der Waals surface area contributed by atoms with E-state index < -0.39 is 0 Å². The molecule has 1 aromatic rings. The number of rotatable bonds is 9. The van der Waals surface area contributed by atoms with Crippen LogP contribution in [0.5, 0.6) is 0 Å². The Morgan fingerprint density at radius 2 is 1.74 bits per heavy atom. The molecule has 1 atom stereocenters. The fraction of sp³-hybridized carbons (Fsp3) is 0.714. The summed E-state index contributed by atoms with van der Waals surface area (Å²) in [4.78, 5) is 0. The molecule has 1 unspecified atom stereocenters. The van der Waals surface area contributed by atoms with Crippen LogP contribution >= 0.6 is 9.24 Å². The number of hydrogen-bond acceptors (Lipinski definition) is 1. The molecule has 0 bridgehead atoms.